The van der Waals surface area contributed by atoms with Gasteiger partial charge in [0, 0.05) is 19.0 Å². The van der Waals surface area contributed by atoms with Gasteiger partial charge in [-0.05, 0) is 28.8 Å². The molecule has 5 nitrogen and oxygen atoms in total. The molecule has 0 radical (unpaired) electrons. The third kappa shape index (κ3) is 3.93. The predicted octanol–water partition coefficient (Wildman–Crippen LogP) is 4.86. The Morgan fingerprint density at radius 1 is 0.875 bits per heavy atom. The summed E-state index contributed by atoms with van der Waals surface area (Å²) in [6, 6.07) is 28.0. The number of aromatic nitrogens is 3. The Bertz CT molecular complexity index is 1370. The first-order chi connectivity index (χ1) is 15.7. The summed E-state index contributed by atoms with van der Waals surface area (Å²) >= 11 is 0. The molecule has 0 amide bonds. The second-order valence-electron chi connectivity index (χ2n) is 7.76. The van der Waals surface area contributed by atoms with Crippen LogP contribution in [0.5, 0.6) is 5.75 Å². The van der Waals surface area contributed by atoms with Crippen LogP contribution in [0, 0.1) is 0 Å². The van der Waals surface area contributed by atoms with Crippen molar-refractivity contribution in [2.24, 2.45) is 0 Å². The molecule has 1 N–H and O–H groups in total. The Morgan fingerprint density at radius 2 is 1.59 bits per heavy atom. The lowest BCUT2D eigenvalue weighted by molar-refractivity contribution is 0.414. The molecule has 0 saturated carbocycles. The summed E-state index contributed by atoms with van der Waals surface area (Å²) in [7, 11) is 1.64. The Morgan fingerprint density at radius 3 is 2.34 bits per heavy atom. The van der Waals surface area contributed by atoms with E-state index in [-0.39, 0.29) is 5.56 Å². The molecule has 5 rings (SSSR count). The monoisotopic (exact) mass is 421 g/mol. The molecule has 0 saturated heterocycles. The molecule has 32 heavy (non-hydrogen) atoms. The van der Waals surface area contributed by atoms with Gasteiger partial charge in [0.1, 0.15) is 11.4 Å². The van der Waals surface area contributed by atoms with Crippen LogP contribution in [0.1, 0.15) is 22.5 Å². The Labute approximate surface area is 186 Å². The SMILES string of the molecule is COc1cccc(Cc2nc3c(Cc4ccccc4)[nH]c(-c4ccccc4)cn-3c2=O)c1. The van der Waals surface area contributed by atoms with Crippen molar-refractivity contribution in [1.82, 2.24) is 14.5 Å². The number of hydrogen-bond donors (Lipinski definition) is 1. The van der Waals surface area contributed by atoms with Crippen LogP contribution in [0.3, 0.4) is 0 Å². The van der Waals surface area contributed by atoms with Crippen LogP contribution in [-0.2, 0) is 12.8 Å². The largest absolute Gasteiger partial charge is 0.497 e. The molecule has 0 spiro atoms. The second-order valence-corrected chi connectivity index (χ2v) is 7.76. The molecular weight excluding hydrogens is 398 g/mol. The van der Waals surface area contributed by atoms with Crippen LogP contribution < -0.4 is 10.3 Å². The molecule has 0 unspecified atom stereocenters. The number of benzene rings is 3. The third-order valence-electron chi connectivity index (χ3n) is 5.56. The number of H-pyrrole nitrogens is 1. The highest BCUT2D eigenvalue weighted by atomic mass is 16.5. The van der Waals surface area contributed by atoms with E-state index in [1.165, 1.54) is 0 Å². The molecule has 2 aliphatic rings. The van der Waals surface area contributed by atoms with Crippen LogP contribution >= 0.6 is 0 Å². The highest BCUT2D eigenvalue weighted by molar-refractivity contribution is 5.60. The number of aromatic amines is 1. The molecule has 3 aromatic rings. The second kappa shape index (κ2) is 8.55. The number of nitrogens with zero attached hydrogens (tertiary/aromatic N) is 2. The van der Waals surface area contributed by atoms with Gasteiger partial charge < -0.3 is 9.72 Å². The summed E-state index contributed by atoms with van der Waals surface area (Å²) in [6.07, 6.45) is 2.95. The summed E-state index contributed by atoms with van der Waals surface area (Å²) in [5.74, 6) is 1.43. The zero-order chi connectivity index (χ0) is 21.9. The summed E-state index contributed by atoms with van der Waals surface area (Å²) in [4.78, 5) is 21.6. The van der Waals surface area contributed by atoms with E-state index in [4.69, 9.17) is 9.72 Å². The fourth-order valence-corrected chi connectivity index (χ4v) is 3.96. The molecule has 3 aromatic carbocycles. The first-order valence-electron chi connectivity index (χ1n) is 10.6. The van der Waals surface area contributed by atoms with Crippen molar-refractivity contribution in [2.75, 3.05) is 7.11 Å². The fraction of sp³-hybridized carbons (Fsp3) is 0.111. The van der Waals surface area contributed by atoms with Crippen molar-refractivity contribution in [3.05, 3.63) is 124 Å². The maximum absolute atomic E-state index is 13.3. The summed E-state index contributed by atoms with van der Waals surface area (Å²) < 4.78 is 7.00. The molecule has 0 atom stereocenters. The number of rotatable bonds is 6. The van der Waals surface area contributed by atoms with Crippen molar-refractivity contribution in [2.45, 2.75) is 12.8 Å². The molecule has 0 fully saturated rings. The van der Waals surface area contributed by atoms with Gasteiger partial charge >= 0.3 is 0 Å². The zero-order valence-electron chi connectivity index (χ0n) is 17.8. The molecule has 0 bridgehead atoms. The summed E-state index contributed by atoms with van der Waals surface area (Å²) in [6.45, 7) is 0. The fourth-order valence-electron chi connectivity index (χ4n) is 3.96. The average Bonchev–Trinajstić information content (AvgIpc) is 3.16. The zero-order valence-corrected chi connectivity index (χ0v) is 17.8. The van der Waals surface area contributed by atoms with Crippen molar-refractivity contribution >= 4 is 0 Å². The van der Waals surface area contributed by atoms with E-state index in [0.717, 1.165) is 33.8 Å². The van der Waals surface area contributed by atoms with E-state index in [0.29, 0.717) is 24.4 Å². The first-order valence-corrected chi connectivity index (χ1v) is 10.6. The maximum atomic E-state index is 13.3. The van der Waals surface area contributed by atoms with Gasteiger partial charge in [0.05, 0.1) is 18.5 Å². The van der Waals surface area contributed by atoms with Crippen LogP contribution in [0.4, 0.5) is 0 Å². The number of hydrogen-bond acceptors (Lipinski definition) is 3. The minimum Gasteiger partial charge on any atom is -0.497 e. The minimum absolute atomic E-state index is 0.0942. The Kier molecular flexibility index (Phi) is 5.30. The van der Waals surface area contributed by atoms with Gasteiger partial charge in [-0.2, -0.15) is 0 Å². The van der Waals surface area contributed by atoms with Crippen molar-refractivity contribution in [3.63, 3.8) is 0 Å². The van der Waals surface area contributed by atoms with Crippen molar-refractivity contribution in [1.29, 1.82) is 0 Å². The Balaban J connectivity index is 1.63. The van der Waals surface area contributed by atoms with E-state index >= 15 is 0 Å². The van der Waals surface area contributed by atoms with Gasteiger partial charge in [0.15, 0.2) is 5.82 Å². The molecular formula is C27H23N3O2. The van der Waals surface area contributed by atoms with Gasteiger partial charge in [0.25, 0.3) is 5.56 Å². The van der Waals surface area contributed by atoms with Gasteiger partial charge in [-0.15, -0.1) is 0 Å². The van der Waals surface area contributed by atoms with E-state index in [9.17, 15) is 4.79 Å². The highest BCUT2D eigenvalue weighted by Gasteiger charge is 2.20. The molecule has 2 heterocycles. The number of imidazole rings is 1. The number of methoxy groups -OCH3 is 1. The van der Waals surface area contributed by atoms with E-state index in [1.807, 2.05) is 79.0 Å². The average molecular weight is 422 g/mol. The van der Waals surface area contributed by atoms with E-state index in [1.54, 1.807) is 11.7 Å². The molecule has 5 heteroatoms. The van der Waals surface area contributed by atoms with Gasteiger partial charge in [-0.25, -0.2) is 4.98 Å². The lowest BCUT2D eigenvalue weighted by Crippen LogP contribution is -2.17. The van der Waals surface area contributed by atoms with E-state index in [2.05, 4.69) is 17.1 Å². The molecule has 0 aromatic heterocycles. The smallest absolute Gasteiger partial charge is 0.278 e. The summed E-state index contributed by atoms with van der Waals surface area (Å²) in [5.41, 5.74) is 5.38. The van der Waals surface area contributed by atoms with Crippen LogP contribution in [0.2, 0.25) is 0 Å². The molecule has 2 aliphatic heterocycles. The number of ether oxygens (including phenoxy) is 1. The van der Waals surface area contributed by atoms with Crippen LogP contribution in [-0.4, -0.2) is 21.6 Å². The molecule has 158 valence electrons. The van der Waals surface area contributed by atoms with Crippen LogP contribution in [0.25, 0.3) is 17.1 Å². The van der Waals surface area contributed by atoms with Gasteiger partial charge in [-0.3, -0.25) is 9.36 Å². The van der Waals surface area contributed by atoms with Crippen LogP contribution in [0.15, 0.2) is 95.9 Å². The number of nitrogens with one attached hydrogen (secondary N) is 1. The predicted molar refractivity (Wildman–Crippen MR) is 126 cm³/mol. The van der Waals surface area contributed by atoms with Gasteiger partial charge in [0.2, 0.25) is 0 Å². The minimum atomic E-state index is -0.0942. The third-order valence-corrected chi connectivity index (χ3v) is 5.56. The standard InChI is InChI=1S/C27H23N3O2/c1-32-22-14-8-11-20(15-22)17-24-27(31)30-18-25(21-12-6-3-7-13-21)28-23(26(30)29-24)16-19-9-4-2-5-10-19/h2-15,18,28H,16-17H2,1H3. The van der Waals surface area contributed by atoms with Gasteiger partial charge in [-0.1, -0.05) is 72.8 Å². The maximum Gasteiger partial charge on any atom is 0.278 e. The van der Waals surface area contributed by atoms with Crippen molar-refractivity contribution < 1.29 is 4.74 Å². The van der Waals surface area contributed by atoms with E-state index < -0.39 is 0 Å². The lowest BCUT2D eigenvalue weighted by atomic mass is 10.1. The Hall–Kier alpha value is -4.12. The lowest BCUT2D eigenvalue weighted by Gasteiger charge is -2.13. The topological polar surface area (TPSA) is 59.9 Å². The molecule has 0 aliphatic carbocycles. The highest BCUT2D eigenvalue weighted by Crippen LogP contribution is 2.24. The first kappa shape index (κ1) is 19.8. The quantitative estimate of drug-likeness (QED) is 0.426. The van der Waals surface area contributed by atoms with Crippen molar-refractivity contribution in [3.8, 4) is 22.8 Å². The normalized spacial score (nSPS) is 11.0. The number of fused-ring (bicyclic) bond motifs is 1. The summed E-state index contributed by atoms with van der Waals surface area (Å²) in [5, 5.41) is 0.